The van der Waals surface area contributed by atoms with Crippen LogP contribution >= 0.6 is 0 Å². The van der Waals surface area contributed by atoms with Crippen LogP contribution in [-0.4, -0.2) is 26.9 Å². The Balaban J connectivity index is 1.01. The first kappa shape index (κ1) is 36.8. The normalized spacial score (nSPS) is 14.3. The summed E-state index contributed by atoms with van der Waals surface area (Å²) >= 11 is 0. The molecule has 1 aliphatic rings. The fraction of sp³-hybridized carbons (Fsp3) is 0.265. The topological polar surface area (TPSA) is 49.0 Å². The number of hydrogen-bond acceptors (Lipinski definition) is 5. The smallest absolute Gasteiger partial charge is 0.122 e. The molecular weight excluding hydrogens is 667 g/mol. The standard InChI is InChI=1S/C49H51NO4/c1-4-5-6-9-30-52-43-25-17-39(18-26-43)49(47-11-8-7-10-45(47)46-29-12-36(2)33-48(46)49)40-19-27-44(28-20-40)54-32-31-53-42-23-15-38(16-24-42)35-50-34-37-13-21-41(51-3)22-14-37/h7-8,10-29,33,50H,4-6,9,30-32,34-35H2,1-3H3. The Morgan fingerprint density at radius 3 is 1.59 bits per heavy atom. The first-order valence-corrected chi connectivity index (χ1v) is 19.3. The molecule has 1 unspecified atom stereocenters. The van der Waals surface area contributed by atoms with E-state index in [1.807, 2.05) is 24.3 Å². The minimum Gasteiger partial charge on any atom is -0.497 e. The fourth-order valence-electron chi connectivity index (χ4n) is 7.62. The zero-order chi connectivity index (χ0) is 37.2. The van der Waals surface area contributed by atoms with E-state index < -0.39 is 5.41 Å². The molecule has 0 fully saturated rings. The van der Waals surface area contributed by atoms with Crippen molar-refractivity contribution in [3.8, 4) is 34.1 Å². The average Bonchev–Trinajstić information content (AvgIpc) is 3.50. The number of fused-ring (bicyclic) bond motifs is 3. The number of rotatable bonds is 18. The second-order valence-corrected chi connectivity index (χ2v) is 14.1. The molecule has 0 aliphatic heterocycles. The van der Waals surface area contributed by atoms with Gasteiger partial charge in [-0.2, -0.15) is 0 Å². The highest BCUT2D eigenvalue weighted by molar-refractivity contribution is 5.86. The molecule has 0 bridgehead atoms. The lowest BCUT2D eigenvalue weighted by atomic mass is 9.67. The Bertz CT molecular complexity index is 2090. The molecule has 0 radical (unpaired) electrons. The van der Waals surface area contributed by atoms with Crippen molar-refractivity contribution in [1.29, 1.82) is 0 Å². The number of hydrogen-bond donors (Lipinski definition) is 1. The zero-order valence-electron chi connectivity index (χ0n) is 31.8. The van der Waals surface area contributed by atoms with Crippen molar-refractivity contribution in [2.45, 2.75) is 58.0 Å². The van der Waals surface area contributed by atoms with Crippen molar-refractivity contribution in [2.24, 2.45) is 0 Å². The lowest BCUT2D eigenvalue weighted by molar-refractivity contribution is 0.217. The Labute approximate surface area is 320 Å². The number of nitrogens with one attached hydrogen (secondary N) is 1. The van der Waals surface area contributed by atoms with Crippen LogP contribution in [0.25, 0.3) is 11.1 Å². The van der Waals surface area contributed by atoms with E-state index in [2.05, 4.69) is 134 Å². The number of unbranched alkanes of at least 4 members (excludes halogenated alkanes) is 3. The first-order chi connectivity index (χ1) is 26.6. The number of benzene rings is 6. The second-order valence-electron chi connectivity index (χ2n) is 14.1. The van der Waals surface area contributed by atoms with Crippen LogP contribution in [0.4, 0.5) is 0 Å². The van der Waals surface area contributed by atoms with Gasteiger partial charge in [-0.05, 0) is 106 Å². The molecule has 276 valence electrons. The van der Waals surface area contributed by atoms with Crippen LogP contribution in [0.1, 0.15) is 71.6 Å². The van der Waals surface area contributed by atoms with E-state index in [1.165, 1.54) is 69.3 Å². The average molecular weight is 718 g/mol. The fourth-order valence-corrected chi connectivity index (χ4v) is 7.62. The van der Waals surface area contributed by atoms with E-state index in [0.29, 0.717) is 13.2 Å². The Kier molecular flexibility index (Phi) is 12.0. The highest BCUT2D eigenvalue weighted by atomic mass is 16.5. The van der Waals surface area contributed by atoms with Gasteiger partial charge in [-0.15, -0.1) is 0 Å². The quantitative estimate of drug-likeness (QED) is 0.0896. The van der Waals surface area contributed by atoms with Gasteiger partial charge in [0.15, 0.2) is 0 Å². The molecule has 5 heteroatoms. The van der Waals surface area contributed by atoms with Crippen molar-refractivity contribution in [2.75, 3.05) is 26.9 Å². The van der Waals surface area contributed by atoms with Gasteiger partial charge in [-0.1, -0.05) is 123 Å². The van der Waals surface area contributed by atoms with Crippen molar-refractivity contribution >= 4 is 0 Å². The summed E-state index contributed by atoms with van der Waals surface area (Å²) in [6.07, 6.45) is 4.76. The summed E-state index contributed by atoms with van der Waals surface area (Å²) in [6.45, 7) is 7.64. The van der Waals surface area contributed by atoms with Crippen LogP contribution in [-0.2, 0) is 18.5 Å². The molecule has 1 N–H and O–H groups in total. The van der Waals surface area contributed by atoms with Crippen molar-refractivity contribution in [3.05, 3.63) is 178 Å². The van der Waals surface area contributed by atoms with Gasteiger partial charge in [0.05, 0.1) is 19.1 Å². The maximum Gasteiger partial charge on any atom is 0.122 e. The third-order valence-corrected chi connectivity index (χ3v) is 10.4. The number of aryl methyl sites for hydroxylation is 1. The van der Waals surface area contributed by atoms with Gasteiger partial charge in [-0.25, -0.2) is 0 Å². The van der Waals surface area contributed by atoms with Crippen LogP contribution in [0.15, 0.2) is 140 Å². The molecule has 0 saturated heterocycles. The summed E-state index contributed by atoms with van der Waals surface area (Å²) < 4.78 is 23.6. The van der Waals surface area contributed by atoms with Gasteiger partial charge < -0.3 is 24.3 Å². The number of methoxy groups -OCH3 is 1. The molecule has 0 amide bonds. The summed E-state index contributed by atoms with van der Waals surface area (Å²) in [5, 5.41) is 3.50. The van der Waals surface area contributed by atoms with Crippen LogP contribution < -0.4 is 24.3 Å². The molecule has 0 heterocycles. The van der Waals surface area contributed by atoms with E-state index in [4.69, 9.17) is 18.9 Å². The van der Waals surface area contributed by atoms with Gasteiger partial charge in [-0.3, -0.25) is 0 Å². The minimum atomic E-state index is -0.476. The van der Waals surface area contributed by atoms with Gasteiger partial charge in [0.2, 0.25) is 0 Å². The van der Waals surface area contributed by atoms with Crippen molar-refractivity contribution in [3.63, 3.8) is 0 Å². The van der Waals surface area contributed by atoms with Gasteiger partial charge in [0.25, 0.3) is 0 Å². The Hall–Kier alpha value is -5.52. The maximum atomic E-state index is 6.19. The summed E-state index contributed by atoms with van der Waals surface area (Å²) in [6, 6.07) is 49.5. The Morgan fingerprint density at radius 1 is 0.500 bits per heavy atom. The highest BCUT2D eigenvalue weighted by Crippen LogP contribution is 2.56. The molecule has 6 aromatic rings. The monoisotopic (exact) mass is 717 g/mol. The summed E-state index contributed by atoms with van der Waals surface area (Å²) in [7, 11) is 1.68. The largest absolute Gasteiger partial charge is 0.497 e. The molecule has 7 rings (SSSR count). The van der Waals surface area contributed by atoms with Gasteiger partial charge in [0.1, 0.15) is 36.2 Å². The van der Waals surface area contributed by atoms with Crippen molar-refractivity contribution in [1.82, 2.24) is 5.32 Å². The van der Waals surface area contributed by atoms with Gasteiger partial charge in [0, 0.05) is 13.1 Å². The Morgan fingerprint density at radius 2 is 1.02 bits per heavy atom. The molecule has 0 aromatic heterocycles. The molecule has 0 saturated carbocycles. The number of ether oxygens (including phenoxy) is 4. The molecule has 6 aromatic carbocycles. The van der Waals surface area contributed by atoms with E-state index in [1.54, 1.807) is 7.11 Å². The molecule has 54 heavy (non-hydrogen) atoms. The highest BCUT2D eigenvalue weighted by Gasteiger charge is 2.46. The van der Waals surface area contributed by atoms with E-state index in [9.17, 15) is 0 Å². The minimum absolute atomic E-state index is 0.445. The predicted octanol–water partition coefficient (Wildman–Crippen LogP) is 11.1. The van der Waals surface area contributed by atoms with E-state index >= 15 is 0 Å². The summed E-state index contributed by atoms with van der Waals surface area (Å²) in [5.41, 5.74) is 10.8. The third kappa shape index (κ3) is 8.17. The molecule has 1 aliphatic carbocycles. The third-order valence-electron chi connectivity index (χ3n) is 10.4. The zero-order valence-corrected chi connectivity index (χ0v) is 31.8. The van der Waals surface area contributed by atoms with E-state index in [0.717, 1.165) is 49.1 Å². The lowest BCUT2D eigenvalue weighted by Crippen LogP contribution is -2.28. The molecule has 5 nitrogen and oxygen atoms in total. The lowest BCUT2D eigenvalue weighted by Gasteiger charge is -2.34. The molecule has 1 atom stereocenters. The summed E-state index contributed by atoms with van der Waals surface area (Å²) in [5.74, 6) is 3.44. The predicted molar refractivity (Wildman–Crippen MR) is 219 cm³/mol. The molecular formula is C49H51NO4. The molecule has 0 spiro atoms. The van der Waals surface area contributed by atoms with Crippen LogP contribution in [0, 0.1) is 6.92 Å². The van der Waals surface area contributed by atoms with Crippen LogP contribution in [0.3, 0.4) is 0 Å². The van der Waals surface area contributed by atoms with Crippen LogP contribution in [0.2, 0.25) is 0 Å². The van der Waals surface area contributed by atoms with E-state index in [-0.39, 0.29) is 0 Å². The SMILES string of the molecule is CCCCCCOc1ccc(C2(c3ccc(OCCOc4ccc(CNCc5ccc(OC)cc5)cc4)cc3)c3ccccc3-c3ccc(C)cc32)cc1. The summed E-state index contributed by atoms with van der Waals surface area (Å²) in [4.78, 5) is 0. The van der Waals surface area contributed by atoms with Gasteiger partial charge >= 0.3 is 0 Å². The second kappa shape index (κ2) is 17.5. The van der Waals surface area contributed by atoms with Crippen molar-refractivity contribution < 1.29 is 18.9 Å². The maximum absolute atomic E-state index is 6.19. The van der Waals surface area contributed by atoms with Crippen LogP contribution in [0.5, 0.6) is 23.0 Å². The first-order valence-electron chi connectivity index (χ1n) is 19.3.